The van der Waals surface area contributed by atoms with Crippen LogP contribution >= 0.6 is 0 Å². The van der Waals surface area contributed by atoms with Gasteiger partial charge in [-0.25, -0.2) is 0 Å². The van der Waals surface area contributed by atoms with Gasteiger partial charge in [0.2, 0.25) is 0 Å². The van der Waals surface area contributed by atoms with Gasteiger partial charge in [0.15, 0.2) is 5.60 Å². The Kier molecular flexibility index (Phi) is 3.44. The Morgan fingerprint density at radius 3 is 2.61 bits per heavy atom. The number of hydrogen-bond acceptors (Lipinski definition) is 2. The number of carbonyl (C=O) groups excluding carboxylic acids is 1. The fourth-order valence-corrected chi connectivity index (χ4v) is 2.90. The van der Waals surface area contributed by atoms with Crippen LogP contribution in [0.5, 0.6) is 0 Å². The molecule has 0 aromatic heterocycles. The highest BCUT2D eigenvalue weighted by molar-refractivity contribution is 6.04. The minimum absolute atomic E-state index is 0.292. The van der Waals surface area contributed by atoms with Gasteiger partial charge in [0, 0.05) is 11.3 Å². The van der Waals surface area contributed by atoms with E-state index < -0.39 is 5.60 Å². The van der Waals surface area contributed by atoms with Crippen LogP contribution in [0, 0.1) is 11.8 Å². The number of amides is 1. The van der Waals surface area contributed by atoms with Crippen LogP contribution in [0.25, 0.3) is 0 Å². The minimum atomic E-state index is -1.36. The predicted octanol–water partition coefficient (Wildman–Crippen LogP) is 2.90. The number of fused-ring (bicyclic) bond motifs is 1. The highest BCUT2D eigenvalue weighted by Gasteiger charge is 2.45. The number of rotatable bonds is 4. The summed E-state index contributed by atoms with van der Waals surface area (Å²) >= 11 is 0. The molecule has 0 saturated heterocycles. The quantitative estimate of drug-likeness (QED) is 0.859. The number of nitrogens with one attached hydrogen (secondary N) is 1. The Morgan fingerprint density at radius 1 is 1.28 bits per heavy atom. The zero-order valence-corrected chi connectivity index (χ0v) is 11.2. The van der Waals surface area contributed by atoms with Gasteiger partial charge in [-0.05, 0) is 30.7 Å². The van der Waals surface area contributed by atoms with Gasteiger partial charge in [-0.15, -0.1) is 0 Å². The van der Waals surface area contributed by atoms with Crippen LogP contribution in [0.2, 0.25) is 0 Å². The molecule has 1 amide bonds. The molecule has 0 radical (unpaired) electrons. The van der Waals surface area contributed by atoms with Crippen molar-refractivity contribution >= 4 is 11.6 Å². The van der Waals surface area contributed by atoms with Crippen molar-refractivity contribution in [3.8, 4) is 0 Å². The summed E-state index contributed by atoms with van der Waals surface area (Å²) in [6.45, 7) is 6.40. The lowest BCUT2D eigenvalue weighted by atomic mass is 9.83. The second-order valence-electron chi connectivity index (χ2n) is 5.80. The molecule has 3 heteroatoms. The maximum atomic E-state index is 12.0. The fraction of sp³-hybridized carbons (Fsp3) is 0.533. The van der Waals surface area contributed by atoms with Crippen molar-refractivity contribution in [1.82, 2.24) is 0 Å². The molecule has 1 aromatic rings. The summed E-state index contributed by atoms with van der Waals surface area (Å²) in [7, 11) is 0. The molecule has 0 saturated carbocycles. The highest BCUT2D eigenvalue weighted by Crippen LogP contribution is 2.40. The third-order valence-electron chi connectivity index (χ3n) is 3.51. The third kappa shape index (κ3) is 2.27. The van der Waals surface area contributed by atoms with E-state index in [0.717, 1.165) is 12.1 Å². The molecule has 2 atom stereocenters. The summed E-state index contributed by atoms with van der Waals surface area (Å²) in [4.78, 5) is 12.0. The molecular formula is C15H21NO2. The van der Waals surface area contributed by atoms with Gasteiger partial charge >= 0.3 is 0 Å². The molecule has 2 N–H and O–H groups in total. The van der Waals surface area contributed by atoms with Gasteiger partial charge in [-0.3, -0.25) is 4.79 Å². The molecule has 98 valence electrons. The van der Waals surface area contributed by atoms with Crippen molar-refractivity contribution < 1.29 is 9.90 Å². The highest BCUT2D eigenvalue weighted by atomic mass is 16.3. The van der Waals surface area contributed by atoms with Gasteiger partial charge < -0.3 is 10.4 Å². The standard InChI is InChI=1S/C15H21NO2/c1-10(2)8-11(3)9-15(18)12-6-4-5-7-13(12)16-14(15)17/h4-7,10-11,18H,8-9H2,1-3H3,(H,16,17). The third-order valence-corrected chi connectivity index (χ3v) is 3.51. The second kappa shape index (κ2) is 4.73. The molecule has 0 spiro atoms. The van der Waals surface area contributed by atoms with Crippen LogP contribution < -0.4 is 5.32 Å². The van der Waals surface area contributed by atoms with E-state index in [1.54, 1.807) is 0 Å². The first kappa shape index (κ1) is 13.1. The summed E-state index contributed by atoms with van der Waals surface area (Å²) in [6, 6.07) is 7.38. The van der Waals surface area contributed by atoms with Gasteiger partial charge in [-0.2, -0.15) is 0 Å². The number of anilines is 1. The summed E-state index contributed by atoms with van der Waals surface area (Å²) in [5.41, 5.74) is 0.0950. The number of carbonyl (C=O) groups is 1. The minimum Gasteiger partial charge on any atom is -0.375 e. The SMILES string of the molecule is CC(C)CC(C)CC1(O)C(=O)Nc2ccccc21. The maximum Gasteiger partial charge on any atom is 0.261 e. The molecule has 1 aliphatic heterocycles. The molecule has 1 aromatic carbocycles. The monoisotopic (exact) mass is 247 g/mol. The fourth-order valence-electron chi connectivity index (χ4n) is 2.90. The van der Waals surface area contributed by atoms with E-state index in [2.05, 4.69) is 26.1 Å². The van der Waals surface area contributed by atoms with Crippen molar-refractivity contribution in [2.45, 2.75) is 39.2 Å². The van der Waals surface area contributed by atoms with E-state index >= 15 is 0 Å². The Labute approximate surface area is 108 Å². The summed E-state index contributed by atoms with van der Waals surface area (Å²) < 4.78 is 0. The average Bonchev–Trinajstić information content (AvgIpc) is 2.50. The maximum absolute atomic E-state index is 12.0. The van der Waals surface area contributed by atoms with Gasteiger partial charge in [0.25, 0.3) is 5.91 Å². The lowest BCUT2D eigenvalue weighted by molar-refractivity contribution is -0.135. The van der Waals surface area contributed by atoms with Crippen LogP contribution in [-0.2, 0) is 10.4 Å². The van der Waals surface area contributed by atoms with E-state index in [1.807, 2.05) is 24.3 Å². The van der Waals surface area contributed by atoms with E-state index in [0.29, 0.717) is 23.8 Å². The van der Waals surface area contributed by atoms with Crippen molar-refractivity contribution in [3.63, 3.8) is 0 Å². The first-order valence-corrected chi connectivity index (χ1v) is 6.57. The smallest absolute Gasteiger partial charge is 0.261 e. The molecule has 18 heavy (non-hydrogen) atoms. The van der Waals surface area contributed by atoms with Crippen LogP contribution in [0.15, 0.2) is 24.3 Å². The molecule has 0 bridgehead atoms. The molecule has 1 aliphatic rings. The molecule has 3 nitrogen and oxygen atoms in total. The Bertz CT molecular complexity index is 456. The van der Waals surface area contributed by atoms with Gasteiger partial charge in [-0.1, -0.05) is 39.0 Å². The Hall–Kier alpha value is -1.35. The second-order valence-corrected chi connectivity index (χ2v) is 5.80. The van der Waals surface area contributed by atoms with E-state index in [4.69, 9.17) is 0 Å². The molecule has 0 aliphatic carbocycles. The average molecular weight is 247 g/mol. The lowest BCUT2D eigenvalue weighted by Crippen LogP contribution is -2.36. The Balaban J connectivity index is 2.22. The number of aliphatic hydroxyl groups is 1. The lowest BCUT2D eigenvalue weighted by Gasteiger charge is -2.25. The first-order chi connectivity index (χ1) is 8.43. The zero-order valence-electron chi connectivity index (χ0n) is 11.2. The molecular weight excluding hydrogens is 226 g/mol. The largest absolute Gasteiger partial charge is 0.375 e. The van der Waals surface area contributed by atoms with Crippen molar-refractivity contribution in [2.75, 3.05) is 5.32 Å². The topological polar surface area (TPSA) is 49.3 Å². The van der Waals surface area contributed by atoms with E-state index in [9.17, 15) is 9.90 Å². The summed E-state index contributed by atoms with van der Waals surface area (Å²) in [5, 5.41) is 13.4. The van der Waals surface area contributed by atoms with Crippen LogP contribution in [0.4, 0.5) is 5.69 Å². The van der Waals surface area contributed by atoms with Gasteiger partial charge in [0.05, 0.1) is 0 Å². The first-order valence-electron chi connectivity index (χ1n) is 6.57. The molecule has 2 unspecified atom stereocenters. The van der Waals surface area contributed by atoms with Crippen LogP contribution in [0.3, 0.4) is 0 Å². The Morgan fingerprint density at radius 2 is 1.94 bits per heavy atom. The predicted molar refractivity (Wildman–Crippen MR) is 72.2 cm³/mol. The number of hydrogen-bond donors (Lipinski definition) is 2. The van der Waals surface area contributed by atoms with Crippen molar-refractivity contribution in [3.05, 3.63) is 29.8 Å². The molecule has 0 fully saturated rings. The molecule has 2 rings (SSSR count). The van der Waals surface area contributed by atoms with Crippen LogP contribution in [-0.4, -0.2) is 11.0 Å². The summed E-state index contributed by atoms with van der Waals surface area (Å²) in [6.07, 6.45) is 1.49. The van der Waals surface area contributed by atoms with Gasteiger partial charge in [0.1, 0.15) is 0 Å². The van der Waals surface area contributed by atoms with Crippen molar-refractivity contribution in [1.29, 1.82) is 0 Å². The summed E-state index contributed by atoms with van der Waals surface area (Å²) in [5.74, 6) is 0.592. The number of para-hydroxylation sites is 1. The van der Waals surface area contributed by atoms with E-state index in [1.165, 1.54) is 0 Å². The van der Waals surface area contributed by atoms with E-state index in [-0.39, 0.29) is 5.91 Å². The molecule has 1 heterocycles. The normalized spacial score (nSPS) is 23.9. The number of benzene rings is 1. The van der Waals surface area contributed by atoms with Crippen LogP contribution in [0.1, 0.15) is 39.2 Å². The van der Waals surface area contributed by atoms with Crippen molar-refractivity contribution in [2.24, 2.45) is 11.8 Å². The zero-order chi connectivity index (χ0) is 13.3.